The predicted octanol–water partition coefficient (Wildman–Crippen LogP) is 0.487. The van der Waals surface area contributed by atoms with Crippen molar-refractivity contribution in [1.29, 1.82) is 0 Å². The topological polar surface area (TPSA) is 46.5 Å². The summed E-state index contributed by atoms with van der Waals surface area (Å²) in [4.78, 5) is 13.0. The van der Waals surface area contributed by atoms with Crippen molar-refractivity contribution < 1.29 is 43.1 Å². The minimum absolute atomic E-state index is 0. The third-order valence-corrected chi connectivity index (χ3v) is 6.36. The molecule has 0 saturated carbocycles. The summed E-state index contributed by atoms with van der Waals surface area (Å²) in [5.41, 5.74) is -0.755. The first-order chi connectivity index (χ1) is 12.9. The van der Waals surface area contributed by atoms with Gasteiger partial charge in [0.15, 0.2) is 0 Å². The third kappa shape index (κ3) is 4.42. The van der Waals surface area contributed by atoms with Crippen molar-refractivity contribution in [2.75, 3.05) is 20.7 Å². The Morgan fingerprint density at radius 2 is 1.54 bits per heavy atom. The number of carbonyl (C=O) groups excluding carboxylic acids is 1. The van der Waals surface area contributed by atoms with Crippen molar-refractivity contribution in [2.45, 2.75) is 43.9 Å². The van der Waals surface area contributed by atoms with Gasteiger partial charge in [-0.1, -0.05) is 60.7 Å². The highest BCUT2D eigenvalue weighted by Crippen LogP contribution is 2.33. The standard InChI is InChI=1S/C23H30NO3.HI/c1-18-14-15-21(24(18,2)3)16-17-27-22(25)23(26,19-10-6-4-7-11-19)20-12-8-5-9-13-20;/h4-13,18,21,26H,14-17H2,1-3H3;1H/q+1;/p-1. The molecule has 1 heterocycles. The van der Waals surface area contributed by atoms with Crippen molar-refractivity contribution in [1.82, 2.24) is 0 Å². The van der Waals surface area contributed by atoms with Gasteiger partial charge in [-0.25, -0.2) is 4.79 Å². The van der Waals surface area contributed by atoms with E-state index in [2.05, 4.69) is 21.0 Å². The number of hydrogen-bond donors (Lipinski definition) is 1. The van der Waals surface area contributed by atoms with Crippen LogP contribution in [-0.2, 0) is 15.1 Å². The van der Waals surface area contributed by atoms with Gasteiger partial charge in [-0.05, 0) is 18.1 Å². The fourth-order valence-corrected chi connectivity index (χ4v) is 4.09. The number of aliphatic hydroxyl groups is 1. The SMILES string of the molecule is CC1CCC(CCOC(=O)C(O)(c2ccccc2)c2ccccc2)[N+]1(C)C.[I-]. The van der Waals surface area contributed by atoms with E-state index in [1.165, 1.54) is 6.42 Å². The molecule has 0 spiro atoms. The molecule has 1 aliphatic heterocycles. The molecule has 0 aromatic heterocycles. The highest BCUT2D eigenvalue weighted by molar-refractivity contribution is 5.85. The molecule has 2 aromatic rings. The summed E-state index contributed by atoms with van der Waals surface area (Å²) >= 11 is 0. The van der Waals surface area contributed by atoms with Gasteiger partial charge >= 0.3 is 5.97 Å². The van der Waals surface area contributed by atoms with E-state index in [1.807, 2.05) is 36.4 Å². The number of benzene rings is 2. The minimum Gasteiger partial charge on any atom is -1.00 e. The zero-order valence-electron chi connectivity index (χ0n) is 16.8. The average molecular weight is 495 g/mol. The highest BCUT2D eigenvalue weighted by atomic mass is 127. The van der Waals surface area contributed by atoms with E-state index in [0.717, 1.165) is 17.3 Å². The first kappa shape index (κ1) is 22.8. The molecule has 2 aromatic carbocycles. The van der Waals surface area contributed by atoms with Crippen LogP contribution in [0.5, 0.6) is 0 Å². The van der Waals surface area contributed by atoms with Crippen LogP contribution in [0.25, 0.3) is 0 Å². The summed E-state index contributed by atoms with van der Waals surface area (Å²) in [5, 5.41) is 11.4. The van der Waals surface area contributed by atoms with Crippen LogP contribution in [0.4, 0.5) is 0 Å². The Hall–Kier alpha value is -1.44. The van der Waals surface area contributed by atoms with Gasteiger partial charge in [0, 0.05) is 19.3 Å². The Morgan fingerprint density at radius 3 is 1.96 bits per heavy atom. The molecular weight excluding hydrogens is 465 g/mol. The van der Waals surface area contributed by atoms with E-state index >= 15 is 0 Å². The molecule has 152 valence electrons. The Balaban J connectivity index is 0.00000280. The van der Waals surface area contributed by atoms with Crippen LogP contribution in [-0.4, -0.2) is 48.3 Å². The Labute approximate surface area is 185 Å². The average Bonchev–Trinajstić information content (AvgIpc) is 2.95. The normalized spacial score (nSPS) is 21.0. The van der Waals surface area contributed by atoms with E-state index < -0.39 is 11.6 Å². The van der Waals surface area contributed by atoms with Crippen LogP contribution in [0, 0.1) is 0 Å². The summed E-state index contributed by atoms with van der Waals surface area (Å²) in [6.07, 6.45) is 3.15. The molecule has 28 heavy (non-hydrogen) atoms. The largest absolute Gasteiger partial charge is 1.00 e. The van der Waals surface area contributed by atoms with Gasteiger partial charge in [-0.15, -0.1) is 0 Å². The summed E-state index contributed by atoms with van der Waals surface area (Å²) in [6, 6.07) is 19.1. The van der Waals surface area contributed by atoms with Gasteiger partial charge in [0.1, 0.15) is 0 Å². The summed E-state index contributed by atoms with van der Waals surface area (Å²) < 4.78 is 6.57. The predicted molar refractivity (Wildman–Crippen MR) is 106 cm³/mol. The number of carbonyl (C=O) groups is 1. The van der Waals surface area contributed by atoms with E-state index in [-0.39, 0.29) is 24.0 Å². The second-order valence-electron chi connectivity index (χ2n) is 8.08. The van der Waals surface area contributed by atoms with Crippen LogP contribution in [0.3, 0.4) is 0 Å². The molecule has 1 N–H and O–H groups in total. The van der Waals surface area contributed by atoms with Crippen molar-refractivity contribution in [3.05, 3.63) is 71.8 Å². The van der Waals surface area contributed by atoms with Crippen LogP contribution in [0.15, 0.2) is 60.7 Å². The molecule has 1 saturated heterocycles. The first-order valence-electron chi connectivity index (χ1n) is 9.70. The van der Waals surface area contributed by atoms with Crippen LogP contribution in [0.2, 0.25) is 0 Å². The van der Waals surface area contributed by atoms with Gasteiger partial charge in [-0.3, -0.25) is 0 Å². The van der Waals surface area contributed by atoms with E-state index in [1.54, 1.807) is 24.3 Å². The second kappa shape index (κ2) is 9.37. The maximum absolute atomic E-state index is 13.0. The molecular formula is C23H30INO3. The quantitative estimate of drug-likeness (QED) is 0.361. The molecule has 2 unspecified atom stereocenters. The molecule has 0 bridgehead atoms. The van der Waals surface area contributed by atoms with Gasteiger partial charge in [0.2, 0.25) is 5.60 Å². The number of rotatable bonds is 6. The summed E-state index contributed by atoms with van der Waals surface area (Å²) in [6.45, 7) is 2.59. The van der Waals surface area contributed by atoms with Crippen molar-refractivity contribution in [3.8, 4) is 0 Å². The summed E-state index contributed by atoms with van der Waals surface area (Å²) in [7, 11) is 4.49. The third-order valence-electron chi connectivity index (χ3n) is 6.36. The Bertz CT molecular complexity index is 724. The molecule has 0 amide bonds. The van der Waals surface area contributed by atoms with Crippen molar-refractivity contribution in [3.63, 3.8) is 0 Å². The molecule has 1 aliphatic rings. The first-order valence-corrected chi connectivity index (χ1v) is 9.70. The summed E-state index contributed by atoms with van der Waals surface area (Å²) in [5.74, 6) is -0.615. The second-order valence-corrected chi connectivity index (χ2v) is 8.08. The zero-order valence-corrected chi connectivity index (χ0v) is 19.0. The van der Waals surface area contributed by atoms with Crippen LogP contribution < -0.4 is 24.0 Å². The number of nitrogens with zero attached hydrogens (tertiary/aromatic N) is 1. The van der Waals surface area contributed by atoms with Gasteiger partial charge in [-0.2, -0.15) is 0 Å². The molecule has 5 heteroatoms. The lowest BCUT2D eigenvalue weighted by Crippen LogP contribution is -3.00. The number of halogens is 1. The number of quaternary nitrogens is 1. The van der Waals surface area contributed by atoms with Crippen LogP contribution in [0.1, 0.15) is 37.3 Å². The molecule has 4 nitrogen and oxygen atoms in total. The number of likely N-dealkylation sites (tertiary alicyclic amines) is 1. The van der Waals surface area contributed by atoms with Gasteiger partial charge in [0.05, 0.1) is 32.8 Å². The molecule has 3 rings (SSSR count). The van der Waals surface area contributed by atoms with E-state index in [0.29, 0.717) is 29.8 Å². The molecule has 2 atom stereocenters. The fourth-order valence-electron chi connectivity index (χ4n) is 4.09. The maximum Gasteiger partial charge on any atom is 0.347 e. The monoisotopic (exact) mass is 495 g/mol. The molecule has 0 aliphatic carbocycles. The zero-order chi connectivity index (χ0) is 19.5. The Morgan fingerprint density at radius 1 is 1.04 bits per heavy atom. The lowest BCUT2D eigenvalue weighted by atomic mass is 9.86. The Kier molecular flexibility index (Phi) is 7.65. The van der Waals surface area contributed by atoms with Gasteiger partial charge in [0.25, 0.3) is 0 Å². The van der Waals surface area contributed by atoms with E-state index in [4.69, 9.17) is 4.74 Å². The van der Waals surface area contributed by atoms with E-state index in [9.17, 15) is 9.90 Å². The van der Waals surface area contributed by atoms with Crippen LogP contribution >= 0.6 is 0 Å². The fraction of sp³-hybridized carbons (Fsp3) is 0.435. The molecule has 0 radical (unpaired) electrons. The van der Waals surface area contributed by atoms with Crippen molar-refractivity contribution >= 4 is 5.97 Å². The minimum atomic E-state index is -1.80. The number of esters is 1. The lowest BCUT2D eigenvalue weighted by Gasteiger charge is -2.36. The number of ether oxygens (including phenoxy) is 1. The highest BCUT2D eigenvalue weighted by Gasteiger charge is 2.43. The number of hydrogen-bond acceptors (Lipinski definition) is 3. The van der Waals surface area contributed by atoms with Gasteiger partial charge < -0.3 is 38.3 Å². The van der Waals surface area contributed by atoms with Crippen molar-refractivity contribution in [2.24, 2.45) is 0 Å². The maximum atomic E-state index is 13.0. The smallest absolute Gasteiger partial charge is 0.347 e. The lowest BCUT2D eigenvalue weighted by molar-refractivity contribution is -0.923. The molecule has 1 fully saturated rings.